The lowest BCUT2D eigenvalue weighted by Crippen LogP contribution is -1.93. The number of nitrogens with zero attached hydrogens (tertiary/aromatic N) is 2. The molecule has 0 fully saturated rings. The third kappa shape index (κ3) is 2.31. The van der Waals surface area contributed by atoms with Crippen LogP contribution < -0.4 is 0 Å². The Morgan fingerprint density at radius 2 is 1.10 bits per heavy atom. The van der Waals surface area contributed by atoms with Gasteiger partial charge in [0, 0.05) is 48.8 Å². The maximum absolute atomic E-state index is 6.47. The van der Waals surface area contributed by atoms with Crippen molar-refractivity contribution in [3.63, 3.8) is 0 Å². The topological polar surface area (TPSA) is 22.5 Å². The summed E-state index contributed by atoms with van der Waals surface area (Å²) < 4.78 is 11.3. The van der Waals surface area contributed by atoms with E-state index in [9.17, 15) is 0 Å². The molecule has 6 aromatic carbocycles. The van der Waals surface area contributed by atoms with Gasteiger partial charge in [0.2, 0.25) is 0 Å². The van der Waals surface area contributed by atoms with Gasteiger partial charge >= 0.3 is 0 Å². The molecule has 0 aliphatic carbocycles. The van der Waals surface area contributed by atoms with E-state index in [2.05, 4.69) is 124 Å². The molecular formula is C36H20N2O. The van der Waals surface area contributed by atoms with Crippen LogP contribution in [0.25, 0.3) is 87.5 Å². The van der Waals surface area contributed by atoms with Crippen LogP contribution in [0.3, 0.4) is 0 Å². The number of benzene rings is 6. The Balaban J connectivity index is 1.50. The van der Waals surface area contributed by atoms with Crippen LogP contribution in [0.2, 0.25) is 0 Å². The third-order valence-electron chi connectivity index (χ3n) is 8.61. The van der Waals surface area contributed by atoms with Crippen molar-refractivity contribution in [2.75, 3.05) is 0 Å². The van der Waals surface area contributed by atoms with E-state index in [0.29, 0.717) is 0 Å². The number of aromatic nitrogens is 2. The van der Waals surface area contributed by atoms with Crippen LogP contribution >= 0.6 is 0 Å². The fraction of sp³-hybridized carbons (Fsp3) is 0. The molecule has 0 saturated heterocycles. The van der Waals surface area contributed by atoms with E-state index < -0.39 is 0 Å². The van der Waals surface area contributed by atoms with Crippen molar-refractivity contribution in [1.29, 1.82) is 0 Å². The van der Waals surface area contributed by atoms with Gasteiger partial charge in [-0.15, -0.1) is 0 Å². The molecule has 0 aliphatic rings. The SMILES string of the molecule is c1ccc(-n2c3ccccc3c3cc4c5cc6oc7ccccc7c6c6c7ccccc7n(c4cc32)c56)cc1. The lowest BCUT2D eigenvalue weighted by atomic mass is 10.0. The van der Waals surface area contributed by atoms with E-state index in [1.807, 2.05) is 6.07 Å². The Hall–Kier alpha value is -5.28. The third-order valence-corrected chi connectivity index (χ3v) is 8.61. The highest BCUT2D eigenvalue weighted by atomic mass is 16.3. The highest BCUT2D eigenvalue weighted by molar-refractivity contribution is 6.35. The van der Waals surface area contributed by atoms with Gasteiger partial charge in [-0.25, -0.2) is 0 Å². The minimum absolute atomic E-state index is 0.935. The number of rotatable bonds is 1. The van der Waals surface area contributed by atoms with E-state index in [-0.39, 0.29) is 0 Å². The molecule has 10 aromatic rings. The van der Waals surface area contributed by atoms with Gasteiger partial charge in [0.25, 0.3) is 0 Å². The molecule has 0 unspecified atom stereocenters. The number of fused-ring (bicyclic) bond motifs is 13. The van der Waals surface area contributed by atoms with Crippen LogP contribution in [0.1, 0.15) is 0 Å². The maximum atomic E-state index is 6.47. The van der Waals surface area contributed by atoms with Crippen molar-refractivity contribution in [1.82, 2.24) is 8.97 Å². The first kappa shape index (κ1) is 19.8. The van der Waals surface area contributed by atoms with Crippen molar-refractivity contribution >= 4 is 81.8 Å². The highest BCUT2D eigenvalue weighted by Crippen LogP contribution is 2.47. The largest absolute Gasteiger partial charge is 0.456 e. The van der Waals surface area contributed by atoms with Gasteiger partial charge in [0.05, 0.1) is 27.6 Å². The molecule has 0 saturated carbocycles. The van der Waals surface area contributed by atoms with E-state index in [1.165, 1.54) is 76.4 Å². The zero-order valence-electron chi connectivity index (χ0n) is 20.8. The maximum Gasteiger partial charge on any atom is 0.136 e. The summed E-state index contributed by atoms with van der Waals surface area (Å²) in [6.07, 6.45) is 0. The average molecular weight is 497 g/mol. The van der Waals surface area contributed by atoms with Gasteiger partial charge in [-0.1, -0.05) is 72.8 Å². The molecule has 0 aliphatic heterocycles. The van der Waals surface area contributed by atoms with Crippen molar-refractivity contribution in [2.24, 2.45) is 0 Å². The molecule has 0 atom stereocenters. The molecule has 4 heterocycles. The zero-order valence-corrected chi connectivity index (χ0v) is 20.8. The fourth-order valence-corrected chi connectivity index (χ4v) is 7.09. The smallest absolute Gasteiger partial charge is 0.136 e. The first-order chi connectivity index (χ1) is 19.4. The second-order valence-electron chi connectivity index (χ2n) is 10.5. The Morgan fingerprint density at radius 1 is 0.410 bits per heavy atom. The molecule has 0 radical (unpaired) electrons. The first-order valence-electron chi connectivity index (χ1n) is 13.4. The van der Waals surface area contributed by atoms with Crippen molar-refractivity contribution < 1.29 is 4.42 Å². The van der Waals surface area contributed by atoms with Crippen LogP contribution in [0.5, 0.6) is 0 Å². The van der Waals surface area contributed by atoms with E-state index >= 15 is 0 Å². The van der Waals surface area contributed by atoms with Crippen LogP contribution in [0, 0.1) is 0 Å². The van der Waals surface area contributed by atoms with Crippen LogP contribution in [-0.4, -0.2) is 8.97 Å². The Kier molecular flexibility index (Phi) is 3.44. The fourth-order valence-electron chi connectivity index (χ4n) is 7.09. The summed E-state index contributed by atoms with van der Waals surface area (Å²) in [4.78, 5) is 0. The van der Waals surface area contributed by atoms with E-state index in [0.717, 1.165) is 11.2 Å². The standard InChI is InChI=1S/C36H20N2O/c1-2-10-21(11-3-1)37-28-15-7-4-12-22(28)25-18-26-27-19-33-34(24-14-6-9-17-32(24)39-33)35-23-13-5-8-16-29(23)38(36(27)35)31(26)20-30(25)37/h1-20H. The Morgan fingerprint density at radius 3 is 1.97 bits per heavy atom. The van der Waals surface area contributed by atoms with Gasteiger partial charge in [-0.05, 0) is 48.5 Å². The number of hydrogen-bond donors (Lipinski definition) is 0. The molecule has 3 heteroatoms. The molecule has 4 aromatic heterocycles. The Labute approximate surface area is 222 Å². The summed E-state index contributed by atoms with van der Waals surface area (Å²) in [6, 6.07) is 43.7. The monoisotopic (exact) mass is 496 g/mol. The molecule has 0 N–H and O–H groups in total. The molecule has 3 nitrogen and oxygen atoms in total. The molecule has 10 rings (SSSR count). The Bertz CT molecular complexity index is 2600. The summed E-state index contributed by atoms with van der Waals surface area (Å²) in [5.74, 6) is 0. The second kappa shape index (κ2) is 6.77. The first-order valence-corrected chi connectivity index (χ1v) is 13.4. The quantitative estimate of drug-likeness (QED) is 0.222. The predicted molar refractivity (Wildman–Crippen MR) is 163 cm³/mol. The molecule has 0 bridgehead atoms. The van der Waals surface area contributed by atoms with Crippen LogP contribution in [-0.2, 0) is 0 Å². The lowest BCUT2D eigenvalue weighted by molar-refractivity contribution is 0.669. The van der Waals surface area contributed by atoms with Crippen molar-refractivity contribution in [2.45, 2.75) is 0 Å². The minimum Gasteiger partial charge on any atom is -0.456 e. The minimum atomic E-state index is 0.935. The van der Waals surface area contributed by atoms with Gasteiger partial charge in [0.15, 0.2) is 0 Å². The lowest BCUT2D eigenvalue weighted by Gasteiger charge is -2.07. The number of hydrogen-bond acceptors (Lipinski definition) is 1. The molecule has 0 amide bonds. The van der Waals surface area contributed by atoms with E-state index in [1.54, 1.807) is 0 Å². The number of furan rings is 1. The van der Waals surface area contributed by atoms with Gasteiger partial charge in [-0.2, -0.15) is 0 Å². The second-order valence-corrected chi connectivity index (χ2v) is 10.5. The van der Waals surface area contributed by atoms with Crippen LogP contribution in [0.15, 0.2) is 126 Å². The highest BCUT2D eigenvalue weighted by Gasteiger charge is 2.24. The van der Waals surface area contributed by atoms with Crippen LogP contribution in [0.4, 0.5) is 0 Å². The zero-order chi connectivity index (χ0) is 25.2. The normalized spacial score (nSPS) is 12.6. The van der Waals surface area contributed by atoms with Crippen molar-refractivity contribution in [3.05, 3.63) is 121 Å². The molecule has 180 valence electrons. The molecular weight excluding hydrogens is 476 g/mol. The summed E-state index contributed by atoms with van der Waals surface area (Å²) in [5, 5.41) is 9.94. The van der Waals surface area contributed by atoms with E-state index in [4.69, 9.17) is 4.42 Å². The molecule has 39 heavy (non-hydrogen) atoms. The van der Waals surface area contributed by atoms with Gasteiger partial charge in [0.1, 0.15) is 11.2 Å². The van der Waals surface area contributed by atoms with Gasteiger partial charge in [-0.3, -0.25) is 0 Å². The average Bonchev–Trinajstić information content (AvgIpc) is 3.71. The summed E-state index contributed by atoms with van der Waals surface area (Å²) in [6.45, 7) is 0. The van der Waals surface area contributed by atoms with Gasteiger partial charge < -0.3 is 13.4 Å². The summed E-state index contributed by atoms with van der Waals surface area (Å²) in [5.41, 5.74) is 9.21. The summed E-state index contributed by atoms with van der Waals surface area (Å²) >= 11 is 0. The van der Waals surface area contributed by atoms with Crippen molar-refractivity contribution in [3.8, 4) is 5.69 Å². The number of para-hydroxylation sites is 4. The summed E-state index contributed by atoms with van der Waals surface area (Å²) in [7, 11) is 0. The molecule has 0 spiro atoms. The predicted octanol–water partition coefficient (Wildman–Crippen LogP) is 9.83.